The lowest BCUT2D eigenvalue weighted by atomic mass is 10.2. The van der Waals surface area contributed by atoms with Gasteiger partial charge < -0.3 is 4.90 Å². The summed E-state index contributed by atoms with van der Waals surface area (Å²) in [6.07, 6.45) is 3.54. The van der Waals surface area contributed by atoms with Crippen LogP contribution >= 0.6 is 11.6 Å². The van der Waals surface area contributed by atoms with Crippen LogP contribution in [0, 0.1) is 16.0 Å². The molecule has 102 valence electrons. The predicted octanol–water partition coefficient (Wildman–Crippen LogP) is 2.52. The van der Waals surface area contributed by atoms with E-state index in [0.29, 0.717) is 19.0 Å². The average Bonchev–Trinajstić information content (AvgIpc) is 3.18. The van der Waals surface area contributed by atoms with Gasteiger partial charge >= 0.3 is 5.69 Å². The van der Waals surface area contributed by atoms with Crippen molar-refractivity contribution in [2.75, 3.05) is 13.1 Å². The van der Waals surface area contributed by atoms with Gasteiger partial charge in [0, 0.05) is 19.3 Å². The van der Waals surface area contributed by atoms with Crippen molar-refractivity contribution in [3.05, 3.63) is 33.1 Å². The van der Waals surface area contributed by atoms with Gasteiger partial charge in [0.2, 0.25) is 5.15 Å². The molecule has 0 N–H and O–H groups in total. The van der Waals surface area contributed by atoms with Gasteiger partial charge in [-0.2, -0.15) is 0 Å². The summed E-state index contributed by atoms with van der Waals surface area (Å²) >= 11 is 5.71. The van der Waals surface area contributed by atoms with Gasteiger partial charge in [-0.1, -0.05) is 11.6 Å². The molecule has 1 saturated carbocycles. The van der Waals surface area contributed by atoms with E-state index < -0.39 is 10.6 Å². The van der Waals surface area contributed by atoms with Crippen molar-refractivity contribution >= 4 is 23.2 Å². The zero-order chi connectivity index (χ0) is 14.0. The predicted molar refractivity (Wildman–Crippen MR) is 70.2 cm³/mol. The van der Waals surface area contributed by atoms with Crippen molar-refractivity contribution in [1.29, 1.82) is 0 Å². The molecular formula is C12H14ClN3O3. The molecule has 1 aliphatic carbocycles. The summed E-state index contributed by atoms with van der Waals surface area (Å²) in [5, 5.41) is 10.8. The highest BCUT2D eigenvalue weighted by Crippen LogP contribution is 2.31. The Labute approximate surface area is 115 Å². The van der Waals surface area contributed by atoms with Gasteiger partial charge in [-0.15, -0.1) is 0 Å². The number of amides is 1. The standard InChI is InChI=1S/C12H14ClN3O3/c1-2-15(7-8-3-4-8)12(17)9-5-6-14-11(13)10(9)16(18)19/h5-6,8H,2-4,7H2,1H3. The van der Waals surface area contributed by atoms with Crippen LogP contribution in [0.2, 0.25) is 5.15 Å². The van der Waals surface area contributed by atoms with Crippen molar-refractivity contribution in [2.24, 2.45) is 5.92 Å². The number of hydrogen-bond donors (Lipinski definition) is 0. The summed E-state index contributed by atoms with van der Waals surface area (Å²) < 4.78 is 0. The molecule has 1 aromatic heterocycles. The Bertz CT molecular complexity index is 517. The molecule has 0 bridgehead atoms. The monoisotopic (exact) mass is 283 g/mol. The molecular weight excluding hydrogens is 270 g/mol. The fourth-order valence-electron chi connectivity index (χ4n) is 1.91. The minimum atomic E-state index is -0.659. The SMILES string of the molecule is CCN(CC1CC1)C(=O)c1ccnc(Cl)c1[N+](=O)[O-]. The van der Waals surface area contributed by atoms with Crippen LogP contribution < -0.4 is 0 Å². The maximum atomic E-state index is 12.4. The van der Waals surface area contributed by atoms with Crippen LogP contribution in [-0.4, -0.2) is 33.8 Å². The van der Waals surface area contributed by atoms with Crippen LogP contribution in [0.15, 0.2) is 12.3 Å². The zero-order valence-corrected chi connectivity index (χ0v) is 11.3. The van der Waals surface area contributed by atoms with Crippen molar-refractivity contribution in [2.45, 2.75) is 19.8 Å². The largest absolute Gasteiger partial charge is 0.338 e. The van der Waals surface area contributed by atoms with Gasteiger partial charge in [-0.05, 0) is 31.7 Å². The number of nitrogens with zero attached hydrogens (tertiary/aromatic N) is 3. The molecule has 1 heterocycles. The van der Waals surface area contributed by atoms with Crippen LogP contribution in [0.4, 0.5) is 5.69 Å². The molecule has 7 heteroatoms. The Hall–Kier alpha value is -1.69. The molecule has 1 amide bonds. The number of halogens is 1. The summed E-state index contributed by atoms with van der Waals surface area (Å²) in [5.41, 5.74) is -0.407. The number of rotatable bonds is 5. The van der Waals surface area contributed by atoms with Gasteiger partial charge in [-0.25, -0.2) is 4.98 Å². The Morgan fingerprint density at radius 3 is 2.84 bits per heavy atom. The third kappa shape index (κ3) is 3.01. The van der Waals surface area contributed by atoms with Crippen LogP contribution in [0.25, 0.3) is 0 Å². The average molecular weight is 284 g/mol. The first-order chi connectivity index (χ1) is 9.04. The summed E-state index contributed by atoms with van der Waals surface area (Å²) in [6.45, 7) is 3.02. The lowest BCUT2D eigenvalue weighted by molar-refractivity contribution is -0.385. The normalized spacial score (nSPS) is 14.2. The number of nitro groups is 1. The number of carbonyl (C=O) groups is 1. The van der Waals surface area contributed by atoms with E-state index in [1.807, 2.05) is 6.92 Å². The summed E-state index contributed by atoms with van der Waals surface area (Å²) in [5.74, 6) is 0.172. The highest BCUT2D eigenvalue weighted by molar-refractivity contribution is 6.32. The lowest BCUT2D eigenvalue weighted by Gasteiger charge is -2.20. The van der Waals surface area contributed by atoms with Gasteiger partial charge in [0.1, 0.15) is 5.56 Å². The van der Waals surface area contributed by atoms with Gasteiger partial charge in [0.15, 0.2) is 0 Å². The third-order valence-corrected chi connectivity index (χ3v) is 3.41. The molecule has 0 aromatic carbocycles. The summed E-state index contributed by atoms with van der Waals surface area (Å²) in [6, 6.07) is 1.35. The molecule has 0 aliphatic heterocycles. The maximum absolute atomic E-state index is 12.4. The van der Waals surface area contributed by atoms with Crippen molar-refractivity contribution in [3.63, 3.8) is 0 Å². The maximum Gasteiger partial charge on any atom is 0.319 e. The van der Waals surface area contributed by atoms with E-state index in [9.17, 15) is 14.9 Å². The minimum Gasteiger partial charge on any atom is -0.338 e. The third-order valence-electron chi connectivity index (χ3n) is 3.14. The van der Waals surface area contributed by atoms with E-state index in [4.69, 9.17) is 11.6 Å². The van der Waals surface area contributed by atoms with E-state index >= 15 is 0 Å². The molecule has 0 saturated heterocycles. The van der Waals surface area contributed by atoms with Gasteiger partial charge in [0.25, 0.3) is 5.91 Å². The molecule has 2 rings (SSSR count). The Morgan fingerprint density at radius 1 is 1.63 bits per heavy atom. The smallest absolute Gasteiger partial charge is 0.319 e. The van der Waals surface area contributed by atoms with Crippen LogP contribution in [0.5, 0.6) is 0 Å². The number of hydrogen-bond acceptors (Lipinski definition) is 4. The van der Waals surface area contributed by atoms with Crippen LogP contribution in [0.1, 0.15) is 30.1 Å². The molecule has 1 aromatic rings. The van der Waals surface area contributed by atoms with Crippen LogP contribution in [0.3, 0.4) is 0 Å². The molecule has 0 atom stereocenters. The molecule has 1 aliphatic rings. The first-order valence-electron chi connectivity index (χ1n) is 6.12. The quantitative estimate of drug-likeness (QED) is 0.473. The lowest BCUT2D eigenvalue weighted by Crippen LogP contribution is -2.33. The highest BCUT2D eigenvalue weighted by atomic mass is 35.5. The summed E-state index contributed by atoms with van der Waals surface area (Å²) in [4.78, 5) is 28.0. The first kappa shape index (κ1) is 13.7. The van der Waals surface area contributed by atoms with Gasteiger partial charge in [0.05, 0.1) is 4.92 Å². The van der Waals surface area contributed by atoms with E-state index in [-0.39, 0.29) is 16.6 Å². The second-order valence-corrected chi connectivity index (χ2v) is 4.90. The number of pyridine rings is 1. The highest BCUT2D eigenvalue weighted by Gasteiger charge is 2.31. The first-order valence-corrected chi connectivity index (χ1v) is 6.50. The molecule has 1 fully saturated rings. The Kier molecular flexibility index (Phi) is 3.99. The van der Waals surface area contributed by atoms with Crippen molar-refractivity contribution < 1.29 is 9.72 Å². The number of aromatic nitrogens is 1. The fourth-order valence-corrected chi connectivity index (χ4v) is 2.14. The van der Waals surface area contributed by atoms with Crippen molar-refractivity contribution in [3.8, 4) is 0 Å². The Balaban J connectivity index is 2.31. The second kappa shape index (κ2) is 5.52. The Morgan fingerprint density at radius 2 is 2.32 bits per heavy atom. The van der Waals surface area contributed by atoms with E-state index in [2.05, 4.69) is 4.98 Å². The van der Waals surface area contributed by atoms with Crippen molar-refractivity contribution in [1.82, 2.24) is 9.88 Å². The minimum absolute atomic E-state index is 0.00694. The van der Waals surface area contributed by atoms with E-state index in [1.165, 1.54) is 12.3 Å². The second-order valence-electron chi connectivity index (χ2n) is 4.54. The molecule has 0 radical (unpaired) electrons. The van der Waals surface area contributed by atoms with Crippen LogP contribution in [-0.2, 0) is 0 Å². The van der Waals surface area contributed by atoms with E-state index in [1.54, 1.807) is 4.90 Å². The zero-order valence-electron chi connectivity index (χ0n) is 10.5. The van der Waals surface area contributed by atoms with E-state index in [0.717, 1.165) is 12.8 Å². The molecule has 0 spiro atoms. The summed E-state index contributed by atoms with van der Waals surface area (Å²) in [7, 11) is 0. The molecule has 0 unspecified atom stereocenters. The fraction of sp³-hybridized carbons (Fsp3) is 0.500. The number of carbonyl (C=O) groups excluding carboxylic acids is 1. The molecule has 19 heavy (non-hydrogen) atoms. The topological polar surface area (TPSA) is 76.3 Å². The van der Waals surface area contributed by atoms with Gasteiger partial charge in [-0.3, -0.25) is 14.9 Å². The molecule has 6 nitrogen and oxygen atoms in total.